The lowest BCUT2D eigenvalue weighted by atomic mass is 10.1. The highest BCUT2D eigenvalue weighted by atomic mass is 16.5. The third-order valence-corrected chi connectivity index (χ3v) is 2.88. The van der Waals surface area contributed by atoms with Gasteiger partial charge in [0, 0.05) is 25.5 Å². The molecule has 2 heterocycles. The molecule has 0 spiro atoms. The molecule has 0 bridgehead atoms. The molecule has 1 aliphatic rings. The highest BCUT2D eigenvalue weighted by Gasteiger charge is 2.27. The van der Waals surface area contributed by atoms with Crippen molar-refractivity contribution < 1.29 is 4.74 Å². The second-order valence-corrected chi connectivity index (χ2v) is 4.07. The van der Waals surface area contributed by atoms with Gasteiger partial charge in [0.05, 0.1) is 30.6 Å². The van der Waals surface area contributed by atoms with E-state index in [1.54, 1.807) is 18.6 Å². The summed E-state index contributed by atoms with van der Waals surface area (Å²) in [6.45, 7) is 2.69. The van der Waals surface area contributed by atoms with Gasteiger partial charge in [0.2, 0.25) is 0 Å². The first-order valence-electron chi connectivity index (χ1n) is 5.54. The van der Waals surface area contributed by atoms with Crippen LogP contribution in [-0.2, 0) is 4.74 Å². The summed E-state index contributed by atoms with van der Waals surface area (Å²) in [7, 11) is 4.04. The second kappa shape index (κ2) is 5.34. The van der Waals surface area contributed by atoms with Gasteiger partial charge in [0.1, 0.15) is 0 Å². The van der Waals surface area contributed by atoms with Crippen molar-refractivity contribution in [3.8, 4) is 0 Å². The van der Waals surface area contributed by atoms with Gasteiger partial charge < -0.3 is 15.0 Å². The number of nitrogens with zero attached hydrogens (tertiary/aromatic N) is 3. The molecule has 1 fully saturated rings. The number of nitrogens with one attached hydrogen (secondary N) is 1. The number of hydrogen-bond donors (Lipinski definition) is 1. The Labute approximate surface area is 95.8 Å². The van der Waals surface area contributed by atoms with Crippen molar-refractivity contribution in [2.75, 3.05) is 33.8 Å². The van der Waals surface area contributed by atoms with Gasteiger partial charge in [0.25, 0.3) is 0 Å². The minimum absolute atomic E-state index is 0.108. The van der Waals surface area contributed by atoms with Crippen LogP contribution in [0.15, 0.2) is 18.6 Å². The highest BCUT2D eigenvalue weighted by molar-refractivity contribution is 5.05. The number of aromatic nitrogens is 2. The summed E-state index contributed by atoms with van der Waals surface area (Å²) in [5.74, 6) is 0. The quantitative estimate of drug-likeness (QED) is 0.784. The molecule has 1 saturated heterocycles. The molecular formula is C11H18N4O. The van der Waals surface area contributed by atoms with Gasteiger partial charge in [-0.05, 0) is 14.1 Å². The number of likely N-dealkylation sites (N-methyl/N-ethyl adjacent to an activating group) is 2. The average Bonchev–Trinajstić information content (AvgIpc) is 2.31. The van der Waals surface area contributed by atoms with Crippen molar-refractivity contribution in [1.29, 1.82) is 0 Å². The highest BCUT2D eigenvalue weighted by Crippen LogP contribution is 2.19. The van der Waals surface area contributed by atoms with Crippen LogP contribution in [0.4, 0.5) is 0 Å². The van der Waals surface area contributed by atoms with Crippen LogP contribution < -0.4 is 5.32 Å². The molecule has 0 aromatic carbocycles. The third kappa shape index (κ3) is 2.55. The maximum absolute atomic E-state index is 5.78. The van der Waals surface area contributed by atoms with Crippen LogP contribution in [0.1, 0.15) is 11.7 Å². The van der Waals surface area contributed by atoms with Crippen LogP contribution in [0.5, 0.6) is 0 Å². The zero-order valence-electron chi connectivity index (χ0n) is 9.76. The van der Waals surface area contributed by atoms with E-state index >= 15 is 0 Å². The Hall–Kier alpha value is -1.04. The molecule has 2 rings (SSSR count). The maximum Gasteiger partial charge on any atom is 0.0912 e. The molecule has 1 aromatic heterocycles. The van der Waals surface area contributed by atoms with E-state index in [1.165, 1.54) is 0 Å². The third-order valence-electron chi connectivity index (χ3n) is 2.88. The summed E-state index contributed by atoms with van der Waals surface area (Å²) in [6, 6.07) is 0.108. The topological polar surface area (TPSA) is 50.3 Å². The van der Waals surface area contributed by atoms with Gasteiger partial charge in [-0.1, -0.05) is 0 Å². The minimum Gasteiger partial charge on any atom is -0.374 e. The summed E-state index contributed by atoms with van der Waals surface area (Å²) < 4.78 is 5.78. The zero-order chi connectivity index (χ0) is 11.4. The van der Waals surface area contributed by atoms with E-state index in [9.17, 15) is 0 Å². The Morgan fingerprint density at radius 1 is 1.56 bits per heavy atom. The van der Waals surface area contributed by atoms with Gasteiger partial charge in [-0.15, -0.1) is 0 Å². The number of ether oxygens (including phenoxy) is 1. The van der Waals surface area contributed by atoms with E-state index < -0.39 is 0 Å². The molecule has 0 aliphatic carbocycles. The molecule has 88 valence electrons. The van der Waals surface area contributed by atoms with Gasteiger partial charge in [-0.3, -0.25) is 9.97 Å². The fourth-order valence-corrected chi connectivity index (χ4v) is 2.01. The van der Waals surface area contributed by atoms with Crippen molar-refractivity contribution >= 4 is 0 Å². The second-order valence-electron chi connectivity index (χ2n) is 4.07. The minimum atomic E-state index is 0.108. The summed E-state index contributed by atoms with van der Waals surface area (Å²) in [6.07, 6.45) is 5.33. The van der Waals surface area contributed by atoms with E-state index in [4.69, 9.17) is 4.74 Å². The van der Waals surface area contributed by atoms with E-state index in [-0.39, 0.29) is 12.1 Å². The normalized spacial score (nSPS) is 24.2. The Morgan fingerprint density at radius 3 is 3.06 bits per heavy atom. The Bertz CT molecular complexity index is 319. The predicted octanol–water partition coefficient (Wildman–Crippen LogP) is 0.0677. The molecule has 5 heteroatoms. The van der Waals surface area contributed by atoms with Crippen molar-refractivity contribution in [1.82, 2.24) is 20.2 Å². The largest absolute Gasteiger partial charge is 0.374 e. The summed E-state index contributed by atoms with van der Waals surface area (Å²) in [4.78, 5) is 10.7. The molecule has 16 heavy (non-hydrogen) atoms. The molecule has 0 radical (unpaired) electrons. The van der Waals surface area contributed by atoms with Crippen LogP contribution in [0.25, 0.3) is 0 Å². The van der Waals surface area contributed by atoms with E-state index in [2.05, 4.69) is 27.2 Å². The summed E-state index contributed by atoms with van der Waals surface area (Å²) >= 11 is 0. The molecule has 0 amide bonds. The maximum atomic E-state index is 5.78. The van der Waals surface area contributed by atoms with Crippen molar-refractivity contribution in [2.45, 2.75) is 12.1 Å². The van der Waals surface area contributed by atoms with E-state index in [0.29, 0.717) is 0 Å². The molecule has 0 saturated carbocycles. The molecule has 1 aliphatic heterocycles. The Kier molecular flexibility index (Phi) is 3.82. The van der Waals surface area contributed by atoms with Gasteiger partial charge in [0.15, 0.2) is 0 Å². The van der Waals surface area contributed by atoms with Crippen LogP contribution in [0, 0.1) is 0 Å². The van der Waals surface area contributed by atoms with Gasteiger partial charge >= 0.3 is 0 Å². The lowest BCUT2D eigenvalue weighted by Gasteiger charge is -2.34. The molecular weight excluding hydrogens is 204 g/mol. The smallest absolute Gasteiger partial charge is 0.0912 e. The van der Waals surface area contributed by atoms with Crippen molar-refractivity contribution in [3.05, 3.63) is 24.3 Å². The van der Waals surface area contributed by atoms with Crippen molar-refractivity contribution in [2.24, 2.45) is 0 Å². The molecule has 2 atom stereocenters. The molecule has 1 N–H and O–H groups in total. The fourth-order valence-electron chi connectivity index (χ4n) is 2.01. The Morgan fingerprint density at radius 2 is 2.44 bits per heavy atom. The standard InChI is InChI=1S/C11H18N4O/c1-12-11(9-7-13-3-4-14-9)10-8-15(2)5-6-16-10/h3-4,7,10-12H,5-6,8H2,1-2H3. The van der Waals surface area contributed by atoms with Crippen LogP contribution in [0.3, 0.4) is 0 Å². The molecule has 1 aromatic rings. The first-order chi connectivity index (χ1) is 7.81. The molecule has 2 unspecified atom stereocenters. The van der Waals surface area contributed by atoms with Crippen LogP contribution >= 0.6 is 0 Å². The van der Waals surface area contributed by atoms with E-state index in [0.717, 1.165) is 25.4 Å². The van der Waals surface area contributed by atoms with Gasteiger partial charge in [-0.2, -0.15) is 0 Å². The first kappa shape index (κ1) is 11.4. The van der Waals surface area contributed by atoms with Gasteiger partial charge in [-0.25, -0.2) is 0 Å². The summed E-state index contributed by atoms with van der Waals surface area (Å²) in [5.41, 5.74) is 0.935. The average molecular weight is 222 g/mol. The zero-order valence-corrected chi connectivity index (χ0v) is 9.76. The SMILES string of the molecule is CNC(c1cnccn1)C1CN(C)CCO1. The van der Waals surface area contributed by atoms with E-state index in [1.807, 2.05) is 7.05 Å². The van der Waals surface area contributed by atoms with Crippen LogP contribution in [0.2, 0.25) is 0 Å². The predicted molar refractivity (Wildman–Crippen MR) is 61.1 cm³/mol. The summed E-state index contributed by atoms with van der Waals surface area (Å²) in [5, 5.41) is 3.25. The number of rotatable bonds is 3. The first-order valence-corrected chi connectivity index (χ1v) is 5.54. The molecule has 5 nitrogen and oxygen atoms in total. The lowest BCUT2D eigenvalue weighted by molar-refractivity contribution is -0.0387. The lowest BCUT2D eigenvalue weighted by Crippen LogP contribution is -2.46. The number of hydrogen-bond acceptors (Lipinski definition) is 5. The van der Waals surface area contributed by atoms with Crippen molar-refractivity contribution in [3.63, 3.8) is 0 Å². The van der Waals surface area contributed by atoms with Crippen LogP contribution in [-0.4, -0.2) is 54.8 Å². The number of morpholine rings is 1. The fraction of sp³-hybridized carbons (Fsp3) is 0.636. The Balaban J connectivity index is 2.10. The monoisotopic (exact) mass is 222 g/mol.